The summed E-state index contributed by atoms with van der Waals surface area (Å²) in [5, 5.41) is 10.5. The second-order valence-corrected chi connectivity index (χ2v) is 11.6. The molecule has 8 atom stereocenters. The molecular formula is C29H37BrN2O6. The summed E-state index contributed by atoms with van der Waals surface area (Å²) in [4.78, 5) is 44.9. The maximum atomic E-state index is 14.5. The van der Waals surface area contributed by atoms with Crippen molar-refractivity contribution in [3.63, 3.8) is 0 Å². The van der Waals surface area contributed by atoms with E-state index in [2.05, 4.69) is 29.1 Å². The van der Waals surface area contributed by atoms with Crippen molar-refractivity contribution in [1.82, 2.24) is 9.80 Å². The number of carbonyl (C=O) groups excluding carboxylic acids is 3. The fourth-order valence-corrected chi connectivity index (χ4v) is 7.33. The molecule has 3 fully saturated rings. The molecule has 3 aliphatic heterocycles. The molecule has 0 aliphatic carbocycles. The predicted molar refractivity (Wildman–Crippen MR) is 146 cm³/mol. The highest BCUT2D eigenvalue weighted by Crippen LogP contribution is 2.61. The van der Waals surface area contributed by atoms with Gasteiger partial charge in [-0.3, -0.25) is 14.4 Å². The number of fused-ring (bicyclic) bond motifs is 1. The van der Waals surface area contributed by atoms with Gasteiger partial charge in [0.1, 0.15) is 18.2 Å². The zero-order valence-corrected chi connectivity index (χ0v) is 23.6. The van der Waals surface area contributed by atoms with Crippen LogP contribution in [0.2, 0.25) is 0 Å². The zero-order valence-electron chi connectivity index (χ0n) is 22.0. The molecule has 3 saturated heterocycles. The van der Waals surface area contributed by atoms with Crippen LogP contribution in [0, 0.1) is 17.8 Å². The van der Waals surface area contributed by atoms with Crippen molar-refractivity contribution >= 4 is 33.7 Å². The fraction of sp³-hybridized carbons (Fsp3) is 0.552. The van der Waals surface area contributed by atoms with Gasteiger partial charge in [-0.25, -0.2) is 0 Å². The van der Waals surface area contributed by atoms with E-state index in [1.165, 1.54) is 11.0 Å². The van der Waals surface area contributed by atoms with Crippen LogP contribution in [-0.4, -0.2) is 81.1 Å². The summed E-state index contributed by atoms with van der Waals surface area (Å²) in [5.74, 6) is -2.99. The van der Waals surface area contributed by atoms with Gasteiger partial charge >= 0.3 is 5.97 Å². The first-order valence-electron chi connectivity index (χ1n) is 13.2. The Balaban J connectivity index is 1.80. The number of rotatable bonds is 12. The van der Waals surface area contributed by atoms with E-state index < -0.39 is 41.6 Å². The van der Waals surface area contributed by atoms with Crippen molar-refractivity contribution < 1.29 is 29.0 Å². The molecular weight excluding hydrogens is 552 g/mol. The quantitative estimate of drug-likeness (QED) is 0.229. The highest BCUT2D eigenvalue weighted by molar-refractivity contribution is 9.09. The smallest absolute Gasteiger partial charge is 0.312 e. The summed E-state index contributed by atoms with van der Waals surface area (Å²) in [6.07, 6.45) is 3.62. The molecule has 0 saturated carbocycles. The minimum Gasteiger partial charge on any atom is -0.461 e. The molecule has 1 spiro atoms. The van der Waals surface area contributed by atoms with E-state index in [0.717, 1.165) is 5.56 Å². The first kappa shape index (κ1) is 28.5. The van der Waals surface area contributed by atoms with Crippen LogP contribution in [0.3, 0.4) is 0 Å². The first-order chi connectivity index (χ1) is 18.2. The SMILES string of the molecule is C=CCOC(=O)[C@H]1[C@H]2C(=O)N([C@@H](CO)[C@@H](C)CC)C(C(=O)N(CC=C)Cc3ccccc3)C23CC(Br)[C@@H]1O3. The summed E-state index contributed by atoms with van der Waals surface area (Å²) in [7, 11) is 0. The van der Waals surface area contributed by atoms with Gasteiger partial charge in [-0.15, -0.1) is 6.58 Å². The van der Waals surface area contributed by atoms with E-state index in [0.29, 0.717) is 19.4 Å². The van der Waals surface area contributed by atoms with E-state index in [-0.39, 0.29) is 42.3 Å². The Labute approximate surface area is 232 Å². The van der Waals surface area contributed by atoms with Gasteiger partial charge in [0.05, 0.1) is 30.6 Å². The van der Waals surface area contributed by atoms with Crippen LogP contribution in [0.1, 0.15) is 32.3 Å². The molecule has 4 rings (SSSR count). The van der Waals surface area contributed by atoms with E-state index in [1.54, 1.807) is 11.0 Å². The van der Waals surface area contributed by atoms with Gasteiger partial charge < -0.3 is 24.4 Å². The lowest BCUT2D eigenvalue weighted by molar-refractivity contribution is -0.156. The summed E-state index contributed by atoms with van der Waals surface area (Å²) in [5.41, 5.74) is -0.281. The summed E-state index contributed by atoms with van der Waals surface area (Å²) < 4.78 is 11.9. The number of ether oxygens (including phenoxy) is 2. The number of aliphatic hydroxyl groups is 1. The van der Waals surface area contributed by atoms with Crippen molar-refractivity contribution in [3.8, 4) is 0 Å². The third-order valence-corrected chi connectivity index (χ3v) is 9.14. The normalized spacial score (nSPS) is 31.0. The molecule has 38 heavy (non-hydrogen) atoms. The number of nitrogens with zero attached hydrogens (tertiary/aromatic N) is 2. The summed E-state index contributed by atoms with van der Waals surface area (Å²) >= 11 is 3.67. The van der Waals surface area contributed by atoms with Crippen LogP contribution in [0.4, 0.5) is 0 Å². The van der Waals surface area contributed by atoms with Crippen LogP contribution < -0.4 is 0 Å². The van der Waals surface area contributed by atoms with E-state index >= 15 is 0 Å². The molecule has 8 nitrogen and oxygen atoms in total. The van der Waals surface area contributed by atoms with E-state index in [1.807, 2.05) is 44.2 Å². The van der Waals surface area contributed by atoms with E-state index in [4.69, 9.17) is 9.47 Å². The largest absolute Gasteiger partial charge is 0.461 e. The highest BCUT2D eigenvalue weighted by Gasteiger charge is 2.77. The lowest BCUT2D eigenvalue weighted by atomic mass is 9.70. The number of aliphatic hydroxyl groups excluding tert-OH is 1. The second kappa shape index (κ2) is 11.7. The Morgan fingerprint density at radius 3 is 2.63 bits per heavy atom. The number of hydrogen-bond acceptors (Lipinski definition) is 6. The molecule has 9 heteroatoms. The molecule has 1 aromatic rings. The van der Waals surface area contributed by atoms with Crippen molar-refractivity contribution in [2.24, 2.45) is 17.8 Å². The van der Waals surface area contributed by atoms with Crippen molar-refractivity contribution in [1.29, 1.82) is 0 Å². The monoisotopic (exact) mass is 588 g/mol. The Bertz CT molecular complexity index is 1070. The lowest BCUT2D eigenvalue weighted by Crippen LogP contribution is -2.59. The maximum absolute atomic E-state index is 14.5. The fourth-order valence-electron chi connectivity index (χ4n) is 6.39. The molecule has 0 radical (unpaired) electrons. The van der Waals surface area contributed by atoms with Crippen molar-refractivity contribution in [2.75, 3.05) is 19.8 Å². The van der Waals surface area contributed by atoms with Crippen LogP contribution in [0.15, 0.2) is 55.6 Å². The minimum atomic E-state index is -1.22. The van der Waals surface area contributed by atoms with Gasteiger partial charge in [-0.2, -0.15) is 0 Å². The predicted octanol–water partition coefficient (Wildman–Crippen LogP) is 3.09. The minimum absolute atomic E-state index is 0.0192. The van der Waals surface area contributed by atoms with Crippen LogP contribution in [0.25, 0.3) is 0 Å². The number of esters is 1. The van der Waals surface area contributed by atoms with Gasteiger partial charge in [-0.1, -0.05) is 85.3 Å². The molecule has 3 aliphatic rings. The Kier molecular flexibility index (Phi) is 8.79. The van der Waals surface area contributed by atoms with Gasteiger partial charge in [0, 0.05) is 17.9 Å². The zero-order chi connectivity index (χ0) is 27.6. The standard InChI is InChI=1S/C29H37BrN2O6/c1-5-13-31(16-19-11-9-8-10-12-19)27(35)25-29-15-20(30)24(38-29)22(28(36)37-14-6-2)23(29)26(34)32(25)21(17-33)18(4)7-3/h5-6,8-12,18,20-25,33H,1-2,7,13-17H2,3-4H3/t18-,20?,21-,22-,23-,24-,25?,29?/m0/s1. The number of likely N-dealkylation sites (tertiary alicyclic amines) is 1. The average molecular weight is 590 g/mol. The molecule has 2 bridgehead atoms. The molecule has 3 heterocycles. The Hall–Kier alpha value is -2.49. The Morgan fingerprint density at radius 1 is 1.32 bits per heavy atom. The molecule has 206 valence electrons. The summed E-state index contributed by atoms with van der Waals surface area (Å²) in [6.45, 7) is 11.7. The molecule has 1 N–H and O–H groups in total. The van der Waals surface area contributed by atoms with Crippen molar-refractivity contribution in [2.45, 2.75) is 61.8 Å². The molecule has 3 unspecified atom stereocenters. The lowest BCUT2D eigenvalue weighted by Gasteiger charge is -2.41. The third kappa shape index (κ3) is 4.73. The van der Waals surface area contributed by atoms with Gasteiger partial charge in [0.2, 0.25) is 11.8 Å². The number of halogens is 1. The number of benzene rings is 1. The molecule has 2 amide bonds. The van der Waals surface area contributed by atoms with Gasteiger partial charge in [0.25, 0.3) is 0 Å². The van der Waals surface area contributed by atoms with Crippen LogP contribution in [-0.2, 0) is 30.4 Å². The second-order valence-electron chi connectivity index (χ2n) is 10.5. The third-order valence-electron chi connectivity index (χ3n) is 8.30. The Morgan fingerprint density at radius 2 is 2.03 bits per heavy atom. The van der Waals surface area contributed by atoms with Crippen LogP contribution >= 0.6 is 15.9 Å². The topological polar surface area (TPSA) is 96.4 Å². The van der Waals surface area contributed by atoms with Gasteiger partial charge in [-0.05, 0) is 17.9 Å². The number of carbonyl (C=O) groups is 3. The first-order valence-corrected chi connectivity index (χ1v) is 14.1. The van der Waals surface area contributed by atoms with Crippen LogP contribution in [0.5, 0.6) is 0 Å². The number of amides is 2. The highest BCUT2D eigenvalue weighted by atomic mass is 79.9. The van der Waals surface area contributed by atoms with Gasteiger partial charge in [0.15, 0.2) is 0 Å². The molecule has 1 aromatic carbocycles. The number of hydrogen-bond donors (Lipinski definition) is 1. The number of alkyl halides is 1. The maximum Gasteiger partial charge on any atom is 0.312 e. The average Bonchev–Trinajstić information content (AvgIpc) is 3.51. The van der Waals surface area contributed by atoms with E-state index in [9.17, 15) is 19.5 Å². The summed E-state index contributed by atoms with van der Waals surface area (Å²) in [6, 6.07) is 8.00. The van der Waals surface area contributed by atoms with Crippen molar-refractivity contribution in [3.05, 3.63) is 61.2 Å². The molecule has 0 aromatic heterocycles.